The van der Waals surface area contributed by atoms with E-state index in [0.717, 1.165) is 23.5 Å². The fourth-order valence-electron chi connectivity index (χ4n) is 1.57. The number of unbranched alkanes of at least 4 members (excludes halogenated alkanes) is 2. The topological polar surface area (TPSA) is 38.7 Å². The predicted molar refractivity (Wildman–Crippen MR) is 68.6 cm³/mol. The molecule has 0 atom stereocenters. The second kappa shape index (κ2) is 7.96. The van der Waals surface area contributed by atoms with Gasteiger partial charge in [-0.15, -0.1) is 0 Å². The van der Waals surface area contributed by atoms with E-state index in [1.807, 2.05) is 25.1 Å². The van der Waals surface area contributed by atoms with Crippen molar-refractivity contribution in [3.05, 3.63) is 23.8 Å². The minimum absolute atomic E-state index is 0.0240. The van der Waals surface area contributed by atoms with Crippen molar-refractivity contribution in [3.8, 4) is 11.5 Å². The van der Waals surface area contributed by atoms with Crippen LogP contribution in [-0.4, -0.2) is 18.3 Å². The summed E-state index contributed by atoms with van der Waals surface area (Å²) in [6.45, 7) is 5.44. The van der Waals surface area contributed by atoms with Crippen molar-refractivity contribution >= 4 is 0 Å². The molecule has 0 heterocycles. The highest BCUT2D eigenvalue weighted by Gasteiger charge is 2.05. The molecule has 96 valence electrons. The Morgan fingerprint density at radius 1 is 1.06 bits per heavy atom. The van der Waals surface area contributed by atoms with Crippen molar-refractivity contribution < 1.29 is 14.6 Å². The lowest BCUT2D eigenvalue weighted by Crippen LogP contribution is -2.01. The largest absolute Gasteiger partial charge is 0.490 e. The third-order valence-corrected chi connectivity index (χ3v) is 2.50. The van der Waals surface area contributed by atoms with Gasteiger partial charge in [0.1, 0.15) is 0 Å². The molecule has 0 aliphatic rings. The third kappa shape index (κ3) is 4.65. The third-order valence-electron chi connectivity index (χ3n) is 2.50. The van der Waals surface area contributed by atoms with E-state index in [4.69, 9.17) is 14.6 Å². The van der Waals surface area contributed by atoms with Gasteiger partial charge < -0.3 is 14.6 Å². The molecule has 1 aromatic rings. The van der Waals surface area contributed by atoms with Crippen LogP contribution >= 0.6 is 0 Å². The smallest absolute Gasteiger partial charge is 0.161 e. The van der Waals surface area contributed by atoms with Crippen LogP contribution in [0.25, 0.3) is 0 Å². The van der Waals surface area contributed by atoms with E-state index in [-0.39, 0.29) is 6.61 Å². The zero-order valence-electron chi connectivity index (χ0n) is 10.7. The van der Waals surface area contributed by atoms with E-state index in [0.29, 0.717) is 13.2 Å². The summed E-state index contributed by atoms with van der Waals surface area (Å²) in [4.78, 5) is 0. The van der Waals surface area contributed by atoms with Crippen molar-refractivity contribution in [2.24, 2.45) is 0 Å². The summed E-state index contributed by atoms with van der Waals surface area (Å²) in [6, 6.07) is 5.55. The summed E-state index contributed by atoms with van der Waals surface area (Å²) < 4.78 is 11.2. The highest BCUT2D eigenvalue weighted by atomic mass is 16.5. The number of hydrogen-bond donors (Lipinski definition) is 1. The van der Waals surface area contributed by atoms with Crippen LogP contribution in [0.3, 0.4) is 0 Å². The lowest BCUT2D eigenvalue weighted by atomic mass is 10.2. The van der Waals surface area contributed by atoms with Crippen LogP contribution in [0.15, 0.2) is 18.2 Å². The summed E-state index contributed by atoms with van der Waals surface area (Å²) in [5.74, 6) is 1.48. The van der Waals surface area contributed by atoms with E-state index >= 15 is 0 Å². The highest BCUT2D eigenvalue weighted by Crippen LogP contribution is 2.28. The summed E-state index contributed by atoms with van der Waals surface area (Å²) in [5, 5.41) is 9.07. The van der Waals surface area contributed by atoms with Crippen LogP contribution < -0.4 is 9.47 Å². The Morgan fingerprint density at radius 2 is 1.88 bits per heavy atom. The molecule has 0 spiro atoms. The van der Waals surface area contributed by atoms with Crippen molar-refractivity contribution in [1.82, 2.24) is 0 Å². The van der Waals surface area contributed by atoms with E-state index in [2.05, 4.69) is 6.92 Å². The molecule has 0 bridgehead atoms. The Balaban J connectivity index is 2.62. The van der Waals surface area contributed by atoms with Gasteiger partial charge in [0.2, 0.25) is 0 Å². The second-order valence-corrected chi connectivity index (χ2v) is 3.93. The van der Waals surface area contributed by atoms with Crippen LogP contribution in [0.4, 0.5) is 0 Å². The first-order valence-corrected chi connectivity index (χ1v) is 6.31. The van der Waals surface area contributed by atoms with E-state index in [1.54, 1.807) is 0 Å². The molecule has 3 heteroatoms. The maximum absolute atomic E-state index is 9.07. The number of rotatable bonds is 8. The Morgan fingerprint density at radius 3 is 2.53 bits per heavy atom. The first-order chi connectivity index (χ1) is 8.31. The number of ether oxygens (including phenoxy) is 2. The monoisotopic (exact) mass is 238 g/mol. The van der Waals surface area contributed by atoms with E-state index < -0.39 is 0 Å². The number of aliphatic hydroxyl groups excluding tert-OH is 1. The first kappa shape index (κ1) is 13.8. The zero-order chi connectivity index (χ0) is 12.5. The molecule has 0 saturated carbocycles. The molecule has 3 nitrogen and oxygen atoms in total. The van der Waals surface area contributed by atoms with Gasteiger partial charge in [0.15, 0.2) is 11.5 Å². The normalized spacial score (nSPS) is 10.3. The molecule has 17 heavy (non-hydrogen) atoms. The Hall–Kier alpha value is -1.22. The molecule has 0 aliphatic carbocycles. The van der Waals surface area contributed by atoms with E-state index in [9.17, 15) is 0 Å². The molecule has 0 amide bonds. The van der Waals surface area contributed by atoms with Crippen molar-refractivity contribution in [3.63, 3.8) is 0 Å². The summed E-state index contributed by atoms with van der Waals surface area (Å²) in [7, 11) is 0. The first-order valence-electron chi connectivity index (χ1n) is 6.31. The minimum atomic E-state index is 0.0240. The molecule has 0 fully saturated rings. The SMILES string of the molecule is CCCCCOc1ccc(CO)cc1OCC. The number of benzene rings is 1. The van der Waals surface area contributed by atoms with Crippen LogP contribution in [0.2, 0.25) is 0 Å². The van der Waals surface area contributed by atoms with Crippen LogP contribution in [0.1, 0.15) is 38.7 Å². The number of hydrogen-bond acceptors (Lipinski definition) is 3. The fraction of sp³-hybridized carbons (Fsp3) is 0.571. The van der Waals surface area contributed by atoms with Crippen molar-refractivity contribution in [2.75, 3.05) is 13.2 Å². The lowest BCUT2D eigenvalue weighted by molar-refractivity contribution is 0.265. The maximum Gasteiger partial charge on any atom is 0.161 e. The van der Waals surface area contributed by atoms with Gasteiger partial charge in [0, 0.05) is 0 Å². The zero-order valence-corrected chi connectivity index (χ0v) is 10.7. The summed E-state index contributed by atoms with van der Waals surface area (Å²) in [5.41, 5.74) is 0.842. The van der Waals surface area contributed by atoms with E-state index in [1.165, 1.54) is 12.8 Å². The average Bonchev–Trinajstić information content (AvgIpc) is 2.36. The average molecular weight is 238 g/mol. The quantitative estimate of drug-likeness (QED) is 0.707. The van der Waals surface area contributed by atoms with Gasteiger partial charge in [-0.1, -0.05) is 25.8 Å². The Kier molecular flexibility index (Phi) is 6.48. The van der Waals surface area contributed by atoms with Crippen molar-refractivity contribution in [1.29, 1.82) is 0 Å². The van der Waals surface area contributed by atoms with Crippen LogP contribution in [0.5, 0.6) is 11.5 Å². The van der Waals surface area contributed by atoms with Gasteiger partial charge in [-0.05, 0) is 31.0 Å². The van der Waals surface area contributed by atoms with Crippen molar-refractivity contribution in [2.45, 2.75) is 39.7 Å². The summed E-state index contributed by atoms with van der Waals surface area (Å²) in [6.07, 6.45) is 3.42. The number of aliphatic hydroxyl groups is 1. The van der Waals surface area contributed by atoms with Crippen LogP contribution in [0, 0.1) is 0 Å². The minimum Gasteiger partial charge on any atom is -0.490 e. The molecule has 1 aromatic carbocycles. The summed E-state index contributed by atoms with van der Waals surface area (Å²) >= 11 is 0. The van der Waals surface area contributed by atoms with Gasteiger partial charge >= 0.3 is 0 Å². The maximum atomic E-state index is 9.07. The van der Waals surface area contributed by atoms with Gasteiger partial charge in [0.05, 0.1) is 19.8 Å². The molecule has 0 saturated heterocycles. The standard InChI is InChI=1S/C14H22O3/c1-3-5-6-9-17-13-8-7-12(11-15)10-14(13)16-4-2/h7-8,10,15H,3-6,9,11H2,1-2H3. The molecule has 0 aliphatic heterocycles. The second-order valence-electron chi connectivity index (χ2n) is 3.93. The Bertz CT molecular complexity index is 323. The highest BCUT2D eigenvalue weighted by molar-refractivity contribution is 5.42. The molecule has 0 unspecified atom stereocenters. The predicted octanol–water partition coefficient (Wildman–Crippen LogP) is 3.15. The van der Waals surface area contributed by atoms with Gasteiger partial charge in [-0.3, -0.25) is 0 Å². The molecule has 1 N–H and O–H groups in total. The van der Waals surface area contributed by atoms with Gasteiger partial charge in [0.25, 0.3) is 0 Å². The molecule has 1 rings (SSSR count). The molecule has 0 aromatic heterocycles. The van der Waals surface area contributed by atoms with Gasteiger partial charge in [-0.25, -0.2) is 0 Å². The molecular weight excluding hydrogens is 216 g/mol. The van der Waals surface area contributed by atoms with Gasteiger partial charge in [-0.2, -0.15) is 0 Å². The lowest BCUT2D eigenvalue weighted by Gasteiger charge is -2.12. The molecular formula is C14H22O3. The Labute approximate surface area is 103 Å². The van der Waals surface area contributed by atoms with Crippen LogP contribution in [-0.2, 0) is 6.61 Å². The molecule has 0 radical (unpaired) electrons. The fourth-order valence-corrected chi connectivity index (χ4v) is 1.57.